The molecule has 0 aliphatic heterocycles. The van der Waals surface area contributed by atoms with E-state index in [2.05, 4.69) is 21.2 Å². The zero-order chi connectivity index (χ0) is 15.4. The predicted molar refractivity (Wildman–Crippen MR) is 83.3 cm³/mol. The minimum atomic E-state index is -0.485. The first-order valence-electron chi connectivity index (χ1n) is 6.07. The van der Waals surface area contributed by atoms with E-state index in [-0.39, 0.29) is 17.5 Å². The number of amides is 1. The van der Waals surface area contributed by atoms with Crippen LogP contribution in [0.25, 0.3) is 0 Å². The van der Waals surface area contributed by atoms with E-state index >= 15 is 0 Å². The Morgan fingerprint density at radius 3 is 2.76 bits per heavy atom. The van der Waals surface area contributed by atoms with Crippen LogP contribution in [0.1, 0.15) is 15.9 Å². The lowest BCUT2D eigenvalue weighted by Gasteiger charge is -2.10. The molecule has 0 saturated carbocycles. The highest BCUT2D eigenvalue weighted by Crippen LogP contribution is 2.23. The smallest absolute Gasteiger partial charge is 0.255 e. The predicted octanol–water partition coefficient (Wildman–Crippen LogP) is 4.18. The van der Waals surface area contributed by atoms with Crippen molar-refractivity contribution in [1.82, 2.24) is 5.32 Å². The van der Waals surface area contributed by atoms with E-state index in [1.54, 1.807) is 24.3 Å². The van der Waals surface area contributed by atoms with Crippen molar-refractivity contribution in [2.24, 2.45) is 0 Å². The van der Waals surface area contributed by atoms with Crippen molar-refractivity contribution >= 4 is 33.4 Å². The van der Waals surface area contributed by atoms with E-state index < -0.39 is 5.82 Å². The first-order valence-corrected chi connectivity index (χ1v) is 7.24. The highest BCUT2D eigenvalue weighted by Gasteiger charge is 2.12. The van der Waals surface area contributed by atoms with Gasteiger partial charge in [-0.15, -0.1) is 0 Å². The number of halogens is 3. The fourth-order valence-electron chi connectivity index (χ4n) is 1.78. The van der Waals surface area contributed by atoms with Crippen LogP contribution < -0.4 is 10.1 Å². The van der Waals surface area contributed by atoms with Crippen LogP contribution in [0.2, 0.25) is 5.02 Å². The van der Waals surface area contributed by atoms with Crippen LogP contribution in [0.5, 0.6) is 5.75 Å². The minimum Gasteiger partial charge on any atom is -0.496 e. The van der Waals surface area contributed by atoms with Gasteiger partial charge in [0.25, 0.3) is 5.91 Å². The van der Waals surface area contributed by atoms with Crippen LogP contribution in [0.15, 0.2) is 40.9 Å². The van der Waals surface area contributed by atoms with E-state index in [0.29, 0.717) is 16.9 Å². The summed E-state index contributed by atoms with van der Waals surface area (Å²) >= 11 is 9.01. The summed E-state index contributed by atoms with van der Waals surface area (Å²) in [5.74, 6) is -0.292. The van der Waals surface area contributed by atoms with Gasteiger partial charge in [-0.2, -0.15) is 0 Å². The largest absolute Gasteiger partial charge is 0.496 e. The molecule has 0 fully saturated rings. The van der Waals surface area contributed by atoms with Gasteiger partial charge >= 0.3 is 0 Å². The van der Waals surface area contributed by atoms with E-state index in [9.17, 15) is 9.18 Å². The van der Waals surface area contributed by atoms with Crippen molar-refractivity contribution in [2.75, 3.05) is 7.11 Å². The molecule has 2 aromatic carbocycles. The maximum absolute atomic E-state index is 13.1. The van der Waals surface area contributed by atoms with Crippen LogP contribution in [0, 0.1) is 5.82 Å². The van der Waals surface area contributed by atoms with Crippen molar-refractivity contribution in [3.05, 3.63) is 62.8 Å². The summed E-state index contributed by atoms with van der Waals surface area (Å²) in [6.45, 7) is 0.248. The quantitative estimate of drug-likeness (QED) is 0.874. The second kappa shape index (κ2) is 6.91. The third kappa shape index (κ3) is 3.95. The third-order valence-corrected chi connectivity index (χ3v) is 3.63. The summed E-state index contributed by atoms with van der Waals surface area (Å²) in [5, 5.41) is 2.77. The number of benzene rings is 2. The summed E-state index contributed by atoms with van der Waals surface area (Å²) in [5.41, 5.74) is 1.14. The maximum Gasteiger partial charge on any atom is 0.255 e. The lowest BCUT2D eigenvalue weighted by molar-refractivity contribution is 0.0948. The molecule has 0 unspecified atom stereocenters. The highest BCUT2D eigenvalue weighted by molar-refractivity contribution is 9.10. The van der Waals surface area contributed by atoms with Crippen LogP contribution >= 0.6 is 27.5 Å². The van der Waals surface area contributed by atoms with Gasteiger partial charge in [0, 0.05) is 11.0 Å². The number of nitrogens with one attached hydrogen (secondary N) is 1. The minimum absolute atomic E-state index is 0.0305. The topological polar surface area (TPSA) is 38.3 Å². The number of rotatable bonds is 4. The Morgan fingerprint density at radius 1 is 1.33 bits per heavy atom. The number of hydrogen-bond acceptors (Lipinski definition) is 2. The number of carbonyl (C=O) groups is 1. The van der Waals surface area contributed by atoms with Gasteiger partial charge in [0.05, 0.1) is 17.7 Å². The van der Waals surface area contributed by atoms with Crippen molar-refractivity contribution < 1.29 is 13.9 Å². The molecule has 21 heavy (non-hydrogen) atoms. The Hall–Kier alpha value is -1.59. The second-order valence-corrected chi connectivity index (χ2v) is 5.60. The van der Waals surface area contributed by atoms with Crippen LogP contribution in [-0.2, 0) is 6.54 Å². The molecule has 1 amide bonds. The lowest BCUT2D eigenvalue weighted by atomic mass is 10.1. The monoisotopic (exact) mass is 371 g/mol. The zero-order valence-electron chi connectivity index (χ0n) is 11.1. The Balaban J connectivity index is 2.09. The van der Waals surface area contributed by atoms with Crippen LogP contribution in [0.3, 0.4) is 0 Å². The summed E-state index contributed by atoms with van der Waals surface area (Å²) in [4.78, 5) is 12.1. The average Bonchev–Trinajstić information content (AvgIpc) is 2.48. The van der Waals surface area contributed by atoms with Gasteiger partial charge in [-0.3, -0.25) is 4.79 Å². The zero-order valence-corrected chi connectivity index (χ0v) is 13.5. The molecule has 0 aliphatic carbocycles. The van der Waals surface area contributed by atoms with Gasteiger partial charge in [0.2, 0.25) is 0 Å². The summed E-state index contributed by atoms with van der Waals surface area (Å²) in [6, 6.07) is 9.45. The molecule has 3 nitrogen and oxygen atoms in total. The molecule has 0 bridgehead atoms. The molecular weight excluding hydrogens is 361 g/mol. The fourth-order valence-corrected chi connectivity index (χ4v) is 2.32. The first kappa shape index (κ1) is 15.8. The number of carbonyl (C=O) groups excluding carboxylic acids is 1. The van der Waals surface area contributed by atoms with Gasteiger partial charge in [0.1, 0.15) is 11.6 Å². The van der Waals surface area contributed by atoms with Crippen LogP contribution in [-0.4, -0.2) is 13.0 Å². The molecule has 0 spiro atoms. The molecule has 110 valence electrons. The van der Waals surface area contributed by atoms with E-state index in [1.807, 2.05) is 0 Å². The average molecular weight is 373 g/mol. The normalized spacial score (nSPS) is 10.3. The molecule has 0 heterocycles. The summed E-state index contributed by atoms with van der Waals surface area (Å²) in [7, 11) is 1.50. The maximum atomic E-state index is 13.1. The van der Waals surface area contributed by atoms with Gasteiger partial charge in [-0.25, -0.2) is 4.39 Å². The van der Waals surface area contributed by atoms with Gasteiger partial charge < -0.3 is 10.1 Å². The van der Waals surface area contributed by atoms with Gasteiger partial charge in [-0.05, 0) is 35.9 Å². The van der Waals surface area contributed by atoms with Gasteiger partial charge in [-0.1, -0.05) is 33.6 Å². The van der Waals surface area contributed by atoms with Crippen molar-refractivity contribution in [3.8, 4) is 5.75 Å². The Morgan fingerprint density at radius 2 is 2.10 bits per heavy atom. The third-order valence-electron chi connectivity index (χ3n) is 2.85. The lowest BCUT2D eigenvalue weighted by Crippen LogP contribution is -2.23. The molecule has 0 radical (unpaired) electrons. The second-order valence-electron chi connectivity index (χ2n) is 4.28. The van der Waals surface area contributed by atoms with E-state index in [1.165, 1.54) is 19.2 Å². The molecule has 0 atom stereocenters. The molecule has 6 heteroatoms. The molecule has 2 rings (SSSR count). The standard InChI is InChI=1S/C15H12BrClFNO2/c1-21-14-7-10(16)3-4-11(14)15(20)19-8-9-2-5-13(18)12(17)6-9/h2-7H,8H2,1H3,(H,19,20). The Bertz CT molecular complexity index is 679. The molecule has 1 N–H and O–H groups in total. The number of ether oxygens (including phenoxy) is 1. The molecule has 0 aliphatic rings. The SMILES string of the molecule is COc1cc(Br)ccc1C(=O)NCc1ccc(F)c(Cl)c1. The summed E-state index contributed by atoms with van der Waals surface area (Å²) in [6.07, 6.45) is 0. The van der Waals surface area contributed by atoms with Crippen molar-refractivity contribution in [3.63, 3.8) is 0 Å². The van der Waals surface area contributed by atoms with Crippen LogP contribution in [0.4, 0.5) is 4.39 Å². The Labute approximate surface area is 135 Å². The molecule has 2 aromatic rings. The Kier molecular flexibility index (Phi) is 5.20. The fraction of sp³-hybridized carbons (Fsp3) is 0.133. The van der Waals surface area contributed by atoms with E-state index in [0.717, 1.165) is 4.47 Å². The molecule has 0 saturated heterocycles. The van der Waals surface area contributed by atoms with Gasteiger partial charge in [0.15, 0.2) is 0 Å². The highest BCUT2D eigenvalue weighted by atomic mass is 79.9. The van der Waals surface area contributed by atoms with E-state index in [4.69, 9.17) is 16.3 Å². The number of hydrogen-bond donors (Lipinski definition) is 1. The molecule has 0 aromatic heterocycles. The van der Waals surface area contributed by atoms with Crippen molar-refractivity contribution in [2.45, 2.75) is 6.54 Å². The molecular formula is C15H12BrClFNO2. The summed E-state index contributed by atoms with van der Waals surface area (Å²) < 4.78 is 19.1. The number of methoxy groups -OCH3 is 1. The first-order chi connectivity index (χ1) is 10.0. The van der Waals surface area contributed by atoms with Crippen molar-refractivity contribution in [1.29, 1.82) is 0 Å².